The van der Waals surface area contributed by atoms with Crippen molar-refractivity contribution >= 4 is 21.6 Å². The van der Waals surface area contributed by atoms with Crippen LogP contribution in [0.4, 0.5) is 10.1 Å². The lowest BCUT2D eigenvalue weighted by Gasteiger charge is -2.25. The van der Waals surface area contributed by atoms with Crippen LogP contribution in [0.15, 0.2) is 83.8 Å². The zero-order valence-electron chi connectivity index (χ0n) is 17.5. The molecule has 0 aliphatic rings. The molecular formula is C24H25FN2O3S. The SMILES string of the molecule is CCc1ccc(C(C)NC(=O)CN(c2ccc(F)cc2)S(=O)(=O)c2ccccc2)cc1. The molecule has 162 valence electrons. The van der Waals surface area contributed by atoms with Crippen LogP contribution in [0.3, 0.4) is 0 Å². The largest absolute Gasteiger partial charge is 0.348 e. The maximum Gasteiger partial charge on any atom is 0.264 e. The van der Waals surface area contributed by atoms with E-state index in [9.17, 15) is 17.6 Å². The molecule has 0 saturated carbocycles. The van der Waals surface area contributed by atoms with Gasteiger partial charge in [-0.05, 0) is 60.9 Å². The zero-order chi connectivity index (χ0) is 22.4. The highest BCUT2D eigenvalue weighted by Crippen LogP contribution is 2.24. The van der Waals surface area contributed by atoms with Crippen LogP contribution in [0.25, 0.3) is 0 Å². The van der Waals surface area contributed by atoms with E-state index in [0.29, 0.717) is 0 Å². The van der Waals surface area contributed by atoms with Crippen LogP contribution in [0.1, 0.15) is 31.0 Å². The Morgan fingerprint density at radius 1 is 0.968 bits per heavy atom. The minimum absolute atomic E-state index is 0.0512. The van der Waals surface area contributed by atoms with E-state index >= 15 is 0 Å². The quantitative estimate of drug-likeness (QED) is 0.562. The predicted molar refractivity (Wildman–Crippen MR) is 120 cm³/mol. The number of anilines is 1. The van der Waals surface area contributed by atoms with Crippen LogP contribution < -0.4 is 9.62 Å². The molecule has 5 nitrogen and oxygen atoms in total. The molecule has 3 aromatic carbocycles. The van der Waals surface area contributed by atoms with E-state index in [0.717, 1.165) is 16.3 Å². The first kappa shape index (κ1) is 22.5. The van der Waals surface area contributed by atoms with Crippen molar-refractivity contribution < 1.29 is 17.6 Å². The number of carbonyl (C=O) groups is 1. The first-order valence-corrected chi connectivity index (χ1v) is 11.5. The van der Waals surface area contributed by atoms with Gasteiger partial charge < -0.3 is 5.32 Å². The molecule has 7 heteroatoms. The Hall–Kier alpha value is -3.19. The van der Waals surface area contributed by atoms with Gasteiger partial charge in [0, 0.05) is 0 Å². The number of sulfonamides is 1. The summed E-state index contributed by atoms with van der Waals surface area (Å²) >= 11 is 0. The van der Waals surface area contributed by atoms with Gasteiger partial charge in [0.1, 0.15) is 12.4 Å². The lowest BCUT2D eigenvalue weighted by molar-refractivity contribution is -0.120. The van der Waals surface area contributed by atoms with Crippen LogP contribution in [0.5, 0.6) is 0 Å². The Kier molecular flexibility index (Phi) is 7.07. The second kappa shape index (κ2) is 9.75. The standard InChI is InChI=1S/C24H25FN2O3S/c1-3-19-9-11-20(12-10-19)18(2)26-24(28)17-27(22-15-13-21(25)14-16-22)31(29,30)23-7-5-4-6-8-23/h4-16,18H,3,17H2,1-2H3,(H,26,28). The molecular weight excluding hydrogens is 415 g/mol. The third-order valence-electron chi connectivity index (χ3n) is 5.00. The summed E-state index contributed by atoms with van der Waals surface area (Å²) in [6.45, 7) is 3.48. The smallest absolute Gasteiger partial charge is 0.264 e. The topological polar surface area (TPSA) is 66.5 Å². The van der Waals surface area contributed by atoms with Crippen LogP contribution >= 0.6 is 0 Å². The normalized spacial score (nSPS) is 12.2. The number of nitrogens with zero attached hydrogens (tertiary/aromatic N) is 1. The summed E-state index contributed by atoms with van der Waals surface area (Å²) in [5.74, 6) is -0.953. The number of hydrogen-bond donors (Lipinski definition) is 1. The van der Waals surface area contributed by atoms with Gasteiger partial charge in [0.05, 0.1) is 16.6 Å². The second-order valence-corrected chi connectivity index (χ2v) is 9.05. The minimum Gasteiger partial charge on any atom is -0.348 e. The Morgan fingerprint density at radius 3 is 2.16 bits per heavy atom. The van der Waals surface area contributed by atoms with E-state index in [2.05, 4.69) is 12.2 Å². The van der Waals surface area contributed by atoms with Gasteiger partial charge >= 0.3 is 0 Å². The molecule has 0 aliphatic heterocycles. The number of amides is 1. The van der Waals surface area contributed by atoms with E-state index < -0.39 is 28.3 Å². The number of carbonyl (C=O) groups excluding carboxylic acids is 1. The van der Waals surface area contributed by atoms with Crippen LogP contribution in [0.2, 0.25) is 0 Å². The average Bonchev–Trinajstić information content (AvgIpc) is 2.78. The molecule has 1 atom stereocenters. The second-order valence-electron chi connectivity index (χ2n) is 7.19. The Bertz CT molecular complexity index is 1120. The summed E-state index contributed by atoms with van der Waals surface area (Å²) in [7, 11) is -4.02. The van der Waals surface area contributed by atoms with Gasteiger partial charge in [0.15, 0.2) is 0 Å². The minimum atomic E-state index is -4.02. The summed E-state index contributed by atoms with van der Waals surface area (Å²) < 4.78 is 40.9. The molecule has 0 aromatic heterocycles. The fraction of sp³-hybridized carbons (Fsp3) is 0.208. The van der Waals surface area contributed by atoms with E-state index in [1.807, 2.05) is 31.2 Å². The van der Waals surface area contributed by atoms with Gasteiger partial charge in [-0.2, -0.15) is 0 Å². The molecule has 0 bridgehead atoms. The van der Waals surface area contributed by atoms with Crippen LogP contribution in [-0.4, -0.2) is 20.9 Å². The number of hydrogen-bond acceptors (Lipinski definition) is 3. The van der Waals surface area contributed by atoms with Crippen LogP contribution in [0, 0.1) is 5.82 Å². The molecule has 3 rings (SSSR count). The number of rotatable bonds is 8. The maximum absolute atomic E-state index is 13.4. The maximum atomic E-state index is 13.4. The molecule has 0 saturated heterocycles. The molecule has 0 spiro atoms. The number of halogens is 1. The summed E-state index contributed by atoms with van der Waals surface area (Å²) in [4.78, 5) is 12.8. The van der Waals surface area contributed by atoms with Crippen molar-refractivity contribution in [2.45, 2.75) is 31.2 Å². The summed E-state index contributed by atoms with van der Waals surface area (Å²) in [6.07, 6.45) is 0.922. The Labute approximate surface area is 182 Å². The highest BCUT2D eigenvalue weighted by Gasteiger charge is 2.27. The van der Waals surface area contributed by atoms with Crippen molar-refractivity contribution in [2.75, 3.05) is 10.8 Å². The molecule has 0 radical (unpaired) electrons. The molecule has 1 amide bonds. The van der Waals surface area contributed by atoms with Crippen molar-refractivity contribution in [1.82, 2.24) is 5.32 Å². The third-order valence-corrected chi connectivity index (χ3v) is 6.79. The molecule has 1 unspecified atom stereocenters. The fourth-order valence-electron chi connectivity index (χ4n) is 3.19. The lowest BCUT2D eigenvalue weighted by atomic mass is 10.1. The van der Waals surface area contributed by atoms with Crippen molar-refractivity contribution in [1.29, 1.82) is 0 Å². The number of aryl methyl sites for hydroxylation is 1. The first-order valence-electron chi connectivity index (χ1n) is 10.0. The number of benzene rings is 3. The van der Waals surface area contributed by atoms with E-state index in [1.165, 1.54) is 42.0 Å². The highest BCUT2D eigenvalue weighted by molar-refractivity contribution is 7.92. The van der Waals surface area contributed by atoms with Crippen molar-refractivity contribution in [3.63, 3.8) is 0 Å². The highest BCUT2D eigenvalue weighted by atomic mass is 32.2. The summed E-state index contributed by atoms with van der Waals surface area (Å²) in [5.41, 5.74) is 2.32. The van der Waals surface area contributed by atoms with Gasteiger partial charge in [0.25, 0.3) is 10.0 Å². The number of nitrogens with one attached hydrogen (secondary N) is 1. The van der Waals surface area contributed by atoms with E-state index in [4.69, 9.17) is 0 Å². The van der Waals surface area contributed by atoms with Gasteiger partial charge in [-0.3, -0.25) is 9.10 Å². The van der Waals surface area contributed by atoms with Crippen molar-refractivity contribution in [3.8, 4) is 0 Å². The van der Waals surface area contributed by atoms with E-state index in [1.54, 1.807) is 18.2 Å². The van der Waals surface area contributed by atoms with Gasteiger partial charge in [-0.15, -0.1) is 0 Å². The average molecular weight is 441 g/mol. The Morgan fingerprint density at radius 2 is 1.58 bits per heavy atom. The van der Waals surface area contributed by atoms with Gasteiger partial charge in [0.2, 0.25) is 5.91 Å². The molecule has 0 aliphatic carbocycles. The molecule has 0 heterocycles. The third kappa shape index (κ3) is 5.49. The van der Waals surface area contributed by atoms with E-state index in [-0.39, 0.29) is 16.6 Å². The van der Waals surface area contributed by atoms with Gasteiger partial charge in [-0.1, -0.05) is 49.4 Å². The Balaban J connectivity index is 1.84. The van der Waals surface area contributed by atoms with Crippen molar-refractivity contribution in [3.05, 3.63) is 95.8 Å². The summed E-state index contributed by atoms with van der Waals surface area (Å²) in [6, 6.07) is 20.5. The predicted octanol–water partition coefficient (Wildman–Crippen LogP) is 4.46. The molecule has 0 fully saturated rings. The molecule has 1 N–H and O–H groups in total. The molecule has 3 aromatic rings. The van der Waals surface area contributed by atoms with Gasteiger partial charge in [-0.25, -0.2) is 12.8 Å². The molecule has 31 heavy (non-hydrogen) atoms. The fourth-order valence-corrected chi connectivity index (χ4v) is 4.63. The zero-order valence-corrected chi connectivity index (χ0v) is 18.3. The van der Waals surface area contributed by atoms with Crippen LogP contribution in [-0.2, 0) is 21.2 Å². The monoisotopic (exact) mass is 440 g/mol. The summed E-state index contributed by atoms with van der Waals surface area (Å²) in [5, 5.41) is 2.85. The first-order chi connectivity index (χ1) is 14.8. The van der Waals surface area contributed by atoms with Crippen molar-refractivity contribution in [2.24, 2.45) is 0 Å². The lowest BCUT2D eigenvalue weighted by Crippen LogP contribution is -2.41.